The van der Waals surface area contributed by atoms with Gasteiger partial charge in [-0.05, 0) is 54.6 Å². The van der Waals surface area contributed by atoms with Crippen molar-refractivity contribution in [3.63, 3.8) is 0 Å². The van der Waals surface area contributed by atoms with E-state index in [0.29, 0.717) is 6.61 Å². The molecule has 0 spiro atoms. The van der Waals surface area contributed by atoms with Crippen molar-refractivity contribution in [1.82, 2.24) is 4.98 Å². The van der Waals surface area contributed by atoms with Crippen molar-refractivity contribution in [2.45, 2.75) is 13.3 Å². The lowest BCUT2D eigenvalue weighted by Crippen LogP contribution is -2.06. The van der Waals surface area contributed by atoms with Gasteiger partial charge >= 0.3 is 0 Å². The van der Waals surface area contributed by atoms with Crippen LogP contribution in [0.4, 0.5) is 5.82 Å². The van der Waals surface area contributed by atoms with Gasteiger partial charge in [0.05, 0.1) is 5.69 Å². The molecule has 5 heteroatoms. The number of rotatable bonds is 7. The van der Waals surface area contributed by atoms with Crippen LogP contribution in [0.15, 0.2) is 47.8 Å². The van der Waals surface area contributed by atoms with E-state index in [1.165, 1.54) is 4.88 Å². The maximum absolute atomic E-state index is 10.3. The second kappa shape index (κ2) is 8.14. The third-order valence-electron chi connectivity index (χ3n) is 3.89. The average molecular weight is 354 g/mol. The molecule has 0 bridgehead atoms. The van der Waals surface area contributed by atoms with Gasteiger partial charge in [0.2, 0.25) is 0 Å². The molecule has 0 amide bonds. The molecule has 1 aromatic carbocycles. The van der Waals surface area contributed by atoms with Gasteiger partial charge in [-0.25, -0.2) is 4.98 Å². The molecule has 0 saturated heterocycles. The minimum Gasteiger partial charge on any atom is -0.507 e. The number of methoxy groups -OCH3 is 1. The number of aromatic hydroxyl groups is 1. The van der Waals surface area contributed by atoms with Crippen molar-refractivity contribution >= 4 is 17.2 Å². The number of pyridine rings is 1. The van der Waals surface area contributed by atoms with Gasteiger partial charge < -0.3 is 15.2 Å². The maximum atomic E-state index is 10.3. The lowest BCUT2D eigenvalue weighted by molar-refractivity contribution is 0.198. The first-order valence-electron chi connectivity index (χ1n) is 8.26. The van der Waals surface area contributed by atoms with Crippen LogP contribution in [0.2, 0.25) is 0 Å². The summed E-state index contributed by atoms with van der Waals surface area (Å²) in [6.07, 6.45) is 0.909. The Labute approximate surface area is 152 Å². The van der Waals surface area contributed by atoms with Gasteiger partial charge in [-0.1, -0.05) is 17.7 Å². The molecule has 0 saturated carbocycles. The van der Waals surface area contributed by atoms with E-state index in [9.17, 15) is 5.11 Å². The Hall–Kier alpha value is -2.37. The Morgan fingerprint density at radius 3 is 2.84 bits per heavy atom. The number of phenols is 1. The van der Waals surface area contributed by atoms with Gasteiger partial charge in [0.15, 0.2) is 0 Å². The van der Waals surface area contributed by atoms with Crippen LogP contribution in [0, 0.1) is 6.92 Å². The normalized spacial score (nSPS) is 10.8. The number of benzene rings is 1. The number of nitrogens with one attached hydrogen (secondary N) is 1. The Morgan fingerprint density at radius 1 is 1.20 bits per heavy atom. The minimum absolute atomic E-state index is 0.242. The van der Waals surface area contributed by atoms with Crippen LogP contribution in [0.5, 0.6) is 5.75 Å². The zero-order valence-corrected chi connectivity index (χ0v) is 15.3. The summed E-state index contributed by atoms with van der Waals surface area (Å²) in [7, 11) is 1.70. The fourth-order valence-corrected chi connectivity index (χ4v) is 3.35. The number of aryl methyl sites for hydroxylation is 1. The summed E-state index contributed by atoms with van der Waals surface area (Å²) in [5.74, 6) is 1.05. The number of ether oxygens (including phenoxy) is 1. The predicted octanol–water partition coefficient (Wildman–Crippen LogP) is 4.94. The molecule has 130 valence electrons. The van der Waals surface area contributed by atoms with Gasteiger partial charge in [-0.2, -0.15) is 0 Å². The molecule has 0 radical (unpaired) electrons. The number of nitrogens with zero attached hydrogens (tertiary/aromatic N) is 1. The fourth-order valence-electron chi connectivity index (χ4n) is 2.63. The molecule has 3 rings (SSSR count). The van der Waals surface area contributed by atoms with E-state index in [-0.39, 0.29) is 5.75 Å². The molecule has 0 aliphatic carbocycles. The summed E-state index contributed by atoms with van der Waals surface area (Å²) in [5.41, 5.74) is 3.69. The number of thiophene rings is 1. The topological polar surface area (TPSA) is 54.4 Å². The summed E-state index contributed by atoms with van der Waals surface area (Å²) in [6, 6.07) is 13.8. The first-order valence-corrected chi connectivity index (χ1v) is 9.14. The summed E-state index contributed by atoms with van der Waals surface area (Å²) in [4.78, 5) is 5.88. The molecular weight excluding hydrogens is 332 g/mol. The Balaban J connectivity index is 1.99. The number of hydrogen-bond donors (Lipinski definition) is 2. The number of aromatic nitrogens is 1. The average Bonchev–Trinajstić information content (AvgIpc) is 3.15. The molecule has 4 nitrogen and oxygen atoms in total. The first-order chi connectivity index (χ1) is 12.2. The van der Waals surface area contributed by atoms with E-state index in [2.05, 4.69) is 22.8 Å². The summed E-state index contributed by atoms with van der Waals surface area (Å²) in [6.45, 7) is 3.51. The van der Waals surface area contributed by atoms with Crippen LogP contribution in [0.1, 0.15) is 12.0 Å². The smallest absolute Gasteiger partial charge is 0.127 e. The highest BCUT2D eigenvalue weighted by molar-refractivity contribution is 7.13. The van der Waals surface area contributed by atoms with E-state index in [1.54, 1.807) is 24.5 Å². The third-order valence-corrected chi connectivity index (χ3v) is 4.81. The molecular formula is C20H22N2O2S. The van der Waals surface area contributed by atoms with Gasteiger partial charge in [-0.3, -0.25) is 0 Å². The highest BCUT2D eigenvalue weighted by atomic mass is 32.1. The third kappa shape index (κ3) is 4.38. The fraction of sp³-hybridized carbons (Fsp3) is 0.250. The minimum atomic E-state index is 0.242. The maximum Gasteiger partial charge on any atom is 0.127 e. The van der Waals surface area contributed by atoms with Gasteiger partial charge in [0, 0.05) is 30.7 Å². The van der Waals surface area contributed by atoms with Gasteiger partial charge in [0.1, 0.15) is 11.6 Å². The largest absolute Gasteiger partial charge is 0.507 e. The summed E-state index contributed by atoms with van der Waals surface area (Å²) in [5, 5.41) is 15.7. The summed E-state index contributed by atoms with van der Waals surface area (Å²) < 4.78 is 5.09. The molecule has 0 unspecified atom stereocenters. The van der Waals surface area contributed by atoms with Gasteiger partial charge in [0.25, 0.3) is 0 Å². The van der Waals surface area contributed by atoms with Crippen LogP contribution in [0.25, 0.3) is 21.7 Å². The number of phenolic OH excluding ortho intramolecular Hbond substituents is 1. The molecule has 0 fully saturated rings. The number of hydrogen-bond acceptors (Lipinski definition) is 5. The van der Waals surface area contributed by atoms with Crippen LogP contribution < -0.4 is 5.32 Å². The van der Waals surface area contributed by atoms with E-state index >= 15 is 0 Å². The van der Waals surface area contributed by atoms with Crippen molar-refractivity contribution in [2.75, 3.05) is 25.6 Å². The zero-order valence-electron chi connectivity index (χ0n) is 14.5. The highest BCUT2D eigenvalue weighted by Gasteiger charge is 2.11. The van der Waals surface area contributed by atoms with E-state index in [0.717, 1.165) is 41.2 Å². The zero-order chi connectivity index (χ0) is 17.6. The van der Waals surface area contributed by atoms with Crippen LogP contribution >= 0.6 is 11.3 Å². The lowest BCUT2D eigenvalue weighted by atomic mass is 10.0. The van der Waals surface area contributed by atoms with Gasteiger partial charge in [-0.15, -0.1) is 11.3 Å². The standard InChI is InChI=1S/C20H22N2O2S/c1-14-6-7-18(23)16(11-14)17-12-15(19-5-3-10-25-19)13-20(22-17)21-8-4-9-24-2/h3,5-7,10-13,23H,4,8-9H2,1-2H3,(H,21,22). The van der Waals surface area contributed by atoms with Crippen LogP contribution in [-0.2, 0) is 4.74 Å². The lowest BCUT2D eigenvalue weighted by Gasteiger charge is -2.12. The molecule has 2 N–H and O–H groups in total. The molecule has 2 aromatic heterocycles. The molecule has 0 aliphatic rings. The van der Waals surface area contributed by atoms with Crippen LogP contribution in [0.3, 0.4) is 0 Å². The van der Waals surface area contributed by atoms with Crippen molar-refractivity contribution in [2.24, 2.45) is 0 Å². The van der Waals surface area contributed by atoms with E-state index in [4.69, 9.17) is 9.72 Å². The Morgan fingerprint density at radius 2 is 2.08 bits per heavy atom. The molecule has 3 aromatic rings. The van der Waals surface area contributed by atoms with Crippen LogP contribution in [-0.4, -0.2) is 30.4 Å². The SMILES string of the molecule is COCCCNc1cc(-c2cccs2)cc(-c2cc(C)ccc2O)n1. The Kier molecular flexibility index (Phi) is 5.68. The van der Waals surface area contributed by atoms with E-state index in [1.807, 2.05) is 31.2 Å². The summed E-state index contributed by atoms with van der Waals surface area (Å²) >= 11 is 1.69. The number of anilines is 1. The molecule has 0 atom stereocenters. The predicted molar refractivity (Wildman–Crippen MR) is 104 cm³/mol. The monoisotopic (exact) mass is 354 g/mol. The second-order valence-electron chi connectivity index (χ2n) is 5.90. The molecule has 2 heterocycles. The van der Waals surface area contributed by atoms with Crippen molar-refractivity contribution in [3.8, 4) is 27.4 Å². The van der Waals surface area contributed by atoms with Crippen molar-refractivity contribution in [3.05, 3.63) is 53.4 Å². The molecule has 0 aliphatic heterocycles. The Bertz CT molecular complexity index is 832. The second-order valence-corrected chi connectivity index (χ2v) is 6.85. The van der Waals surface area contributed by atoms with Crippen molar-refractivity contribution < 1.29 is 9.84 Å². The van der Waals surface area contributed by atoms with E-state index < -0.39 is 0 Å². The molecule has 25 heavy (non-hydrogen) atoms. The highest BCUT2D eigenvalue weighted by Crippen LogP contribution is 2.34. The quantitative estimate of drug-likeness (QED) is 0.590. The first kappa shape index (κ1) is 17.5. The van der Waals surface area contributed by atoms with Crippen molar-refractivity contribution in [1.29, 1.82) is 0 Å².